The number of carboxylic acids is 1. The average Bonchev–Trinajstić information content (AvgIpc) is 2.45. The van der Waals surface area contributed by atoms with Crippen molar-refractivity contribution in [2.24, 2.45) is 0 Å². The van der Waals surface area contributed by atoms with Crippen molar-refractivity contribution in [1.29, 1.82) is 0 Å². The number of hydrogen-bond donors (Lipinski definition) is 3. The summed E-state index contributed by atoms with van der Waals surface area (Å²) in [7, 11) is -3.65. The fraction of sp³-hybridized carbons (Fsp3) is 0.467. The zero-order chi connectivity index (χ0) is 17.5. The fourth-order valence-electron chi connectivity index (χ4n) is 1.89. The summed E-state index contributed by atoms with van der Waals surface area (Å²) >= 11 is 0. The molecule has 0 aromatic heterocycles. The van der Waals surface area contributed by atoms with Gasteiger partial charge in [0.1, 0.15) is 0 Å². The quantitative estimate of drug-likeness (QED) is 0.587. The van der Waals surface area contributed by atoms with E-state index in [2.05, 4.69) is 10.0 Å². The Kier molecular flexibility index (Phi) is 7.18. The van der Waals surface area contributed by atoms with Crippen molar-refractivity contribution in [3.8, 4) is 0 Å². The molecule has 0 heterocycles. The predicted octanol–water partition coefficient (Wildman–Crippen LogP) is 1.36. The minimum absolute atomic E-state index is 0.0322. The first-order valence-corrected chi connectivity index (χ1v) is 8.83. The molecule has 8 heteroatoms. The Morgan fingerprint density at radius 2 is 1.91 bits per heavy atom. The smallest absolute Gasteiger partial charge is 0.303 e. The van der Waals surface area contributed by atoms with Gasteiger partial charge in [0.05, 0.1) is 4.90 Å². The molecular weight excluding hydrogens is 320 g/mol. The summed E-state index contributed by atoms with van der Waals surface area (Å²) in [4.78, 5) is 22.4. The topological polar surface area (TPSA) is 113 Å². The highest BCUT2D eigenvalue weighted by Gasteiger charge is 2.17. The zero-order valence-corrected chi connectivity index (χ0v) is 14.0. The molecule has 0 saturated heterocycles. The standard InChI is InChI=1S/C15H22N2O5S/c1-11(2)17-23(21,22)13-7-5-6-12(10-13)15(20)16-9-4-3-8-14(18)19/h5-7,10-11,17H,3-4,8-9H2,1-2H3,(H,16,20)(H,18,19). The Bertz CT molecular complexity index is 656. The second-order valence-corrected chi connectivity index (χ2v) is 7.12. The molecule has 0 aliphatic carbocycles. The van der Waals surface area contributed by atoms with E-state index >= 15 is 0 Å². The number of carbonyl (C=O) groups excluding carboxylic acids is 1. The molecule has 1 rings (SSSR count). The van der Waals surface area contributed by atoms with Gasteiger partial charge in [-0.15, -0.1) is 0 Å². The molecule has 0 fully saturated rings. The molecule has 1 aromatic rings. The van der Waals surface area contributed by atoms with Gasteiger partial charge in [0.25, 0.3) is 5.91 Å². The van der Waals surface area contributed by atoms with Gasteiger partial charge in [-0.05, 0) is 44.9 Å². The number of sulfonamides is 1. The van der Waals surface area contributed by atoms with Crippen molar-refractivity contribution < 1.29 is 23.1 Å². The molecule has 0 aliphatic rings. The van der Waals surface area contributed by atoms with Crippen LogP contribution in [0, 0.1) is 0 Å². The van der Waals surface area contributed by atoms with Crippen molar-refractivity contribution in [3.05, 3.63) is 29.8 Å². The summed E-state index contributed by atoms with van der Waals surface area (Å²) in [5.41, 5.74) is 0.245. The van der Waals surface area contributed by atoms with Crippen LogP contribution in [0.5, 0.6) is 0 Å². The Morgan fingerprint density at radius 1 is 1.22 bits per heavy atom. The summed E-state index contributed by atoms with van der Waals surface area (Å²) in [5, 5.41) is 11.2. The molecule has 128 valence electrons. The third-order valence-corrected chi connectivity index (χ3v) is 4.56. The first kappa shape index (κ1) is 19.1. The van der Waals surface area contributed by atoms with Gasteiger partial charge in [-0.3, -0.25) is 9.59 Å². The molecule has 23 heavy (non-hydrogen) atoms. The monoisotopic (exact) mass is 342 g/mol. The maximum Gasteiger partial charge on any atom is 0.303 e. The highest BCUT2D eigenvalue weighted by atomic mass is 32.2. The van der Waals surface area contributed by atoms with Crippen LogP contribution in [0.2, 0.25) is 0 Å². The van der Waals surface area contributed by atoms with Crippen LogP contribution >= 0.6 is 0 Å². The Hall–Kier alpha value is -1.93. The van der Waals surface area contributed by atoms with E-state index in [0.717, 1.165) is 0 Å². The second-order valence-electron chi connectivity index (χ2n) is 5.41. The SMILES string of the molecule is CC(C)NS(=O)(=O)c1cccc(C(=O)NCCCCC(=O)O)c1. The van der Waals surface area contributed by atoms with Gasteiger partial charge in [0, 0.05) is 24.6 Å². The van der Waals surface area contributed by atoms with Crippen molar-refractivity contribution in [1.82, 2.24) is 10.0 Å². The number of unbranched alkanes of at least 4 members (excludes halogenated alkanes) is 1. The average molecular weight is 342 g/mol. The van der Waals surface area contributed by atoms with Crippen molar-refractivity contribution >= 4 is 21.9 Å². The third kappa shape index (κ3) is 6.79. The molecule has 0 radical (unpaired) electrons. The summed E-state index contributed by atoms with van der Waals surface area (Å²) in [6.45, 7) is 3.77. The summed E-state index contributed by atoms with van der Waals surface area (Å²) in [5.74, 6) is -1.26. The van der Waals surface area contributed by atoms with Crippen LogP contribution in [-0.4, -0.2) is 38.0 Å². The van der Waals surface area contributed by atoms with Crippen LogP contribution in [-0.2, 0) is 14.8 Å². The van der Waals surface area contributed by atoms with Crippen molar-refractivity contribution in [2.45, 2.75) is 44.0 Å². The lowest BCUT2D eigenvalue weighted by atomic mass is 10.2. The summed E-state index contributed by atoms with van der Waals surface area (Å²) in [6, 6.07) is 5.53. The highest BCUT2D eigenvalue weighted by molar-refractivity contribution is 7.89. The second kappa shape index (κ2) is 8.64. The lowest BCUT2D eigenvalue weighted by molar-refractivity contribution is -0.137. The zero-order valence-electron chi connectivity index (χ0n) is 13.2. The van der Waals surface area contributed by atoms with Gasteiger partial charge in [0.15, 0.2) is 0 Å². The van der Waals surface area contributed by atoms with Crippen molar-refractivity contribution in [3.63, 3.8) is 0 Å². The van der Waals surface area contributed by atoms with Crippen LogP contribution < -0.4 is 10.0 Å². The number of amides is 1. The highest BCUT2D eigenvalue weighted by Crippen LogP contribution is 2.12. The Balaban J connectivity index is 2.65. The van der Waals surface area contributed by atoms with Gasteiger partial charge in [-0.25, -0.2) is 13.1 Å². The van der Waals surface area contributed by atoms with Crippen LogP contribution in [0.3, 0.4) is 0 Å². The molecule has 3 N–H and O–H groups in total. The molecule has 0 bridgehead atoms. The van der Waals surface area contributed by atoms with Gasteiger partial charge < -0.3 is 10.4 Å². The molecule has 7 nitrogen and oxygen atoms in total. The van der Waals surface area contributed by atoms with Crippen LogP contribution in [0.1, 0.15) is 43.5 Å². The van der Waals surface area contributed by atoms with E-state index in [1.165, 1.54) is 24.3 Å². The van der Waals surface area contributed by atoms with Crippen LogP contribution in [0.15, 0.2) is 29.2 Å². The molecule has 0 atom stereocenters. The number of benzene rings is 1. The number of rotatable bonds is 9. The maximum atomic E-state index is 12.1. The molecule has 1 aromatic carbocycles. The third-order valence-electron chi connectivity index (χ3n) is 2.90. The largest absolute Gasteiger partial charge is 0.481 e. The van der Waals surface area contributed by atoms with Crippen molar-refractivity contribution in [2.75, 3.05) is 6.54 Å². The molecule has 0 saturated carbocycles. The minimum Gasteiger partial charge on any atom is -0.481 e. The van der Waals surface area contributed by atoms with Gasteiger partial charge in [-0.1, -0.05) is 6.07 Å². The maximum absolute atomic E-state index is 12.1. The summed E-state index contributed by atoms with van der Waals surface area (Å²) < 4.78 is 26.6. The lowest BCUT2D eigenvalue weighted by Crippen LogP contribution is -2.30. The first-order valence-electron chi connectivity index (χ1n) is 7.35. The number of carbonyl (C=O) groups is 2. The van der Waals surface area contributed by atoms with E-state index in [4.69, 9.17) is 5.11 Å². The Labute approximate surface area is 136 Å². The number of carboxylic acid groups (broad SMARTS) is 1. The van der Waals surface area contributed by atoms with Gasteiger partial charge >= 0.3 is 5.97 Å². The lowest BCUT2D eigenvalue weighted by Gasteiger charge is -2.11. The number of nitrogens with one attached hydrogen (secondary N) is 2. The van der Waals surface area contributed by atoms with E-state index in [0.29, 0.717) is 19.4 Å². The molecule has 0 unspecified atom stereocenters. The fourth-order valence-corrected chi connectivity index (χ4v) is 3.18. The molecule has 0 spiro atoms. The molecule has 1 amide bonds. The van der Waals surface area contributed by atoms with E-state index in [-0.39, 0.29) is 28.8 Å². The van der Waals surface area contributed by atoms with Crippen LogP contribution in [0.4, 0.5) is 0 Å². The van der Waals surface area contributed by atoms with Gasteiger partial charge in [0.2, 0.25) is 10.0 Å². The van der Waals surface area contributed by atoms with E-state index in [1.807, 2.05) is 0 Å². The van der Waals surface area contributed by atoms with E-state index in [9.17, 15) is 18.0 Å². The van der Waals surface area contributed by atoms with E-state index in [1.54, 1.807) is 13.8 Å². The predicted molar refractivity (Wildman–Crippen MR) is 85.7 cm³/mol. The first-order chi connectivity index (χ1) is 10.7. The Morgan fingerprint density at radius 3 is 2.52 bits per heavy atom. The molecular formula is C15H22N2O5S. The van der Waals surface area contributed by atoms with E-state index < -0.39 is 16.0 Å². The normalized spacial score (nSPS) is 11.4. The summed E-state index contributed by atoms with van der Waals surface area (Å²) in [6.07, 6.45) is 1.08. The van der Waals surface area contributed by atoms with Crippen LogP contribution in [0.25, 0.3) is 0 Å². The van der Waals surface area contributed by atoms with Gasteiger partial charge in [-0.2, -0.15) is 0 Å². The molecule has 0 aliphatic heterocycles. The minimum atomic E-state index is -3.65. The number of aliphatic carboxylic acids is 1. The number of hydrogen-bond acceptors (Lipinski definition) is 4.